The van der Waals surface area contributed by atoms with Gasteiger partial charge in [-0.25, -0.2) is 4.79 Å². The molecule has 2 rings (SSSR count). The van der Waals surface area contributed by atoms with Crippen molar-refractivity contribution in [2.75, 3.05) is 18.8 Å². The van der Waals surface area contributed by atoms with E-state index < -0.39 is 5.60 Å². The number of nitrogen functional groups attached to an aromatic ring is 1. The standard InChI is InChI=1S/C16H21ClN2O2/c1-16(2,3)21-15(20)19-8-6-11(7-9-19)12-4-5-13(17)14(18)10-12/h4-6,10H,7-9,18H2,1-3H3. The predicted molar refractivity (Wildman–Crippen MR) is 86.3 cm³/mol. The number of rotatable bonds is 1. The van der Waals surface area contributed by atoms with Crippen LogP contribution in [-0.4, -0.2) is 29.7 Å². The van der Waals surface area contributed by atoms with E-state index in [1.807, 2.05) is 39.0 Å². The Morgan fingerprint density at radius 1 is 1.38 bits per heavy atom. The van der Waals surface area contributed by atoms with E-state index in [9.17, 15) is 4.79 Å². The van der Waals surface area contributed by atoms with E-state index >= 15 is 0 Å². The van der Waals surface area contributed by atoms with Gasteiger partial charge in [-0.3, -0.25) is 0 Å². The molecule has 0 bridgehead atoms. The van der Waals surface area contributed by atoms with E-state index in [1.54, 1.807) is 11.0 Å². The number of hydrogen-bond acceptors (Lipinski definition) is 3. The largest absolute Gasteiger partial charge is 0.444 e. The summed E-state index contributed by atoms with van der Waals surface area (Å²) in [5, 5.41) is 0.561. The highest BCUT2D eigenvalue weighted by Crippen LogP contribution is 2.28. The van der Waals surface area contributed by atoms with E-state index in [2.05, 4.69) is 0 Å². The Morgan fingerprint density at radius 2 is 2.10 bits per heavy atom. The van der Waals surface area contributed by atoms with Gasteiger partial charge < -0.3 is 15.4 Å². The summed E-state index contributed by atoms with van der Waals surface area (Å²) in [6.45, 7) is 6.79. The molecule has 0 saturated carbocycles. The van der Waals surface area contributed by atoms with Crippen LogP contribution in [0.2, 0.25) is 5.02 Å². The van der Waals surface area contributed by atoms with Crippen molar-refractivity contribution in [1.82, 2.24) is 4.90 Å². The summed E-state index contributed by atoms with van der Waals surface area (Å²) in [7, 11) is 0. The van der Waals surface area contributed by atoms with Crippen molar-refractivity contribution in [2.45, 2.75) is 32.8 Å². The Morgan fingerprint density at radius 3 is 2.62 bits per heavy atom. The number of ether oxygens (including phenoxy) is 1. The van der Waals surface area contributed by atoms with Crippen LogP contribution in [0.15, 0.2) is 24.3 Å². The quantitative estimate of drug-likeness (QED) is 0.799. The van der Waals surface area contributed by atoms with Crippen LogP contribution in [-0.2, 0) is 4.74 Å². The molecular weight excluding hydrogens is 288 g/mol. The number of amides is 1. The monoisotopic (exact) mass is 308 g/mol. The lowest BCUT2D eigenvalue weighted by Gasteiger charge is -2.29. The SMILES string of the molecule is CC(C)(C)OC(=O)N1CC=C(c2ccc(Cl)c(N)c2)CC1. The number of halogens is 1. The Hall–Kier alpha value is -1.68. The molecule has 0 aliphatic carbocycles. The fraction of sp³-hybridized carbons (Fsp3) is 0.438. The number of hydrogen-bond donors (Lipinski definition) is 1. The molecule has 1 heterocycles. The molecule has 0 aromatic heterocycles. The topological polar surface area (TPSA) is 55.6 Å². The first-order chi connectivity index (χ1) is 9.76. The molecular formula is C16H21ClN2O2. The smallest absolute Gasteiger partial charge is 0.410 e. The summed E-state index contributed by atoms with van der Waals surface area (Å²) < 4.78 is 5.37. The van der Waals surface area contributed by atoms with Gasteiger partial charge in [-0.05, 0) is 50.5 Å². The van der Waals surface area contributed by atoms with Crippen molar-refractivity contribution < 1.29 is 9.53 Å². The summed E-state index contributed by atoms with van der Waals surface area (Å²) >= 11 is 5.93. The molecule has 114 valence electrons. The second-order valence-corrected chi connectivity index (χ2v) is 6.55. The molecule has 4 nitrogen and oxygen atoms in total. The van der Waals surface area contributed by atoms with Crippen molar-refractivity contribution in [3.63, 3.8) is 0 Å². The van der Waals surface area contributed by atoms with Gasteiger partial charge in [-0.2, -0.15) is 0 Å². The maximum absolute atomic E-state index is 12.0. The summed E-state index contributed by atoms with van der Waals surface area (Å²) in [5.74, 6) is 0. The normalized spacial score (nSPS) is 15.6. The number of anilines is 1. The van der Waals surface area contributed by atoms with Gasteiger partial charge in [0, 0.05) is 13.1 Å². The Bertz CT molecular complexity index is 576. The Kier molecular flexibility index (Phi) is 4.47. The fourth-order valence-electron chi connectivity index (χ4n) is 2.17. The highest BCUT2D eigenvalue weighted by Gasteiger charge is 2.23. The highest BCUT2D eigenvalue weighted by molar-refractivity contribution is 6.33. The van der Waals surface area contributed by atoms with Gasteiger partial charge in [-0.1, -0.05) is 23.7 Å². The van der Waals surface area contributed by atoms with Crippen LogP contribution < -0.4 is 5.73 Å². The highest BCUT2D eigenvalue weighted by atomic mass is 35.5. The average molecular weight is 309 g/mol. The first kappa shape index (κ1) is 15.7. The zero-order chi connectivity index (χ0) is 15.6. The molecule has 1 aromatic rings. The van der Waals surface area contributed by atoms with Crippen LogP contribution in [0.25, 0.3) is 5.57 Å². The first-order valence-electron chi connectivity index (χ1n) is 6.98. The van der Waals surface area contributed by atoms with Crippen molar-refractivity contribution in [2.24, 2.45) is 0 Å². The van der Waals surface area contributed by atoms with Crippen LogP contribution in [0.4, 0.5) is 10.5 Å². The van der Waals surface area contributed by atoms with E-state index in [4.69, 9.17) is 22.1 Å². The third-order valence-corrected chi connectivity index (χ3v) is 3.57. The summed E-state index contributed by atoms with van der Waals surface area (Å²) in [5.41, 5.74) is 8.17. The Balaban J connectivity index is 2.05. The third-order valence-electron chi connectivity index (χ3n) is 3.23. The van der Waals surface area contributed by atoms with Gasteiger partial charge >= 0.3 is 6.09 Å². The maximum Gasteiger partial charge on any atom is 0.410 e. The Labute approximate surface area is 130 Å². The van der Waals surface area contributed by atoms with Crippen LogP contribution >= 0.6 is 11.6 Å². The maximum atomic E-state index is 12.0. The number of carbonyl (C=O) groups is 1. The van der Waals surface area contributed by atoms with Gasteiger partial charge in [0.25, 0.3) is 0 Å². The molecule has 1 aliphatic rings. The van der Waals surface area contributed by atoms with Gasteiger partial charge in [-0.15, -0.1) is 0 Å². The number of carbonyl (C=O) groups excluding carboxylic acids is 1. The lowest BCUT2D eigenvalue weighted by Crippen LogP contribution is -2.39. The molecule has 5 heteroatoms. The van der Waals surface area contributed by atoms with Gasteiger partial charge in [0.2, 0.25) is 0 Å². The van der Waals surface area contributed by atoms with Gasteiger partial charge in [0.05, 0.1) is 10.7 Å². The van der Waals surface area contributed by atoms with Crippen molar-refractivity contribution >= 4 is 29.0 Å². The lowest BCUT2D eigenvalue weighted by molar-refractivity contribution is 0.0270. The molecule has 1 amide bonds. The minimum Gasteiger partial charge on any atom is -0.444 e. The molecule has 1 aromatic carbocycles. The number of nitrogens with two attached hydrogens (primary N) is 1. The molecule has 0 radical (unpaired) electrons. The van der Waals surface area contributed by atoms with E-state index in [1.165, 1.54) is 5.57 Å². The van der Waals surface area contributed by atoms with E-state index in [0.717, 1.165) is 12.0 Å². The van der Waals surface area contributed by atoms with Gasteiger partial charge in [0.1, 0.15) is 5.60 Å². The van der Waals surface area contributed by atoms with Crippen molar-refractivity contribution in [3.05, 3.63) is 34.9 Å². The minimum atomic E-state index is -0.467. The van der Waals surface area contributed by atoms with Crippen LogP contribution in [0.1, 0.15) is 32.8 Å². The first-order valence-corrected chi connectivity index (χ1v) is 7.36. The van der Waals surface area contributed by atoms with Gasteiger partial charge in [0.15, 0.2) is 0 Å². The van der Waals surface area contributed by atoms with Crippen molar-refractivity contribution in [1.29, 1.82) is 0 Å². The average Bonchev–Trinajstić information content (AvgIpc) is 2.40. The van der Waals surface area contributed by atoms with Crippen LogP contribution in [0, 0.1) is 0 Å². The zero-order valence-corrected chi connectivity index (χ0v) is 13.4. The molecule has 0 spiro atoms. The molecule has 0 saturated heterocycles. The zero-order valence-electron chi connectivity index (χ0n) is 12.6. The fourth-order valence-corrected chi connectivity index (χ4v) is 2.28. The summed E-state index contributed by atoms with van der Waals surface area (Å²) in [6, 6.07) is 5.62. The molecule has 21 heavy (non-hydrogen) atoms. The summed E-state index contributed by atoms with van der Waals surface area (Å²) in [6.07, 6.45) is 2.55. The molecule has 0 unspecified atom stereocenters. The van der Waals surface area contributed by atoms with E-state index in [0.29, 0.717) is 23.8 Å². The van der Waals surface area contributed by atoms with Crippen molar-refractivity contribution in [3.8, 4) is 0 Å². The second kappa shape index (κ2) is 5.98. The summed E-state index contributed by atoms with van der Waals surface area (Å²) in [4.78, 5) is 13.7. The predicted octanol–water partition coefficient (Wildman–Crippen LogP) is 3.95. The molecule has 0 atom stereocenters. The minimum absolute atomic E-state index is 0.270. The number of benzene rings is 1. The van der Waals surface area contributed by atoms with Crippen LogP contribution in [0.3, 0.4) is 0 Å². The van der Waals surface area contributed by atoms with Crippen LogP contribution in [0.5, 0.6) is 0 Å². The second-order valence-electron chi connectivity index (χ2n) is 6.14. The number of nitrogens with zero attached hydrogens (tertiary/aromatic N) is 1. The lowest BCUT2D eigenvalue weighted by atomic mass is 9.99. The third kappa shape index (κ3) is 4.14. The molecule has 1 aliphatic heterocycles. The van der Waals surface area contributed by atoms with E-state index in [-0.39, 0.29) is 6.09 Å². The molecule has 2 N–H and O–H groups in total. The molecule has 0 fully saturated rings.